The minimum atomic E-state index is 0.869. The Morgan fingerprint density at radius 2 is 1.50 bits per heavy atom. The molecule has 0 atom stereocenters. The van der Waals surface area contributed by atoms with Crippen molar-refractivity contribution in [3.63, 3.8) is 0 Å². The van der Waals surface area contributed by atoms with Crippen LogP contribution in [0.3, 0.4) is 0 Å². The fraction of sp³-hybridized carbons (Fsp3) is 0.647. The molecule has 1 aliphatic heterocycles. The van der Waals surface area contributed by atoms with Crippen LogP contribution >= 0.6 is 0 Å². The van der Waals surface area contributed by atoms with E-state index >= 15 is 0 Å². The molecule has 0 unspecified atom stereocenters. The van der Waals surface area contributed by atoms with Crippen molar-refractivity contribution in [1.82, 2.24) is 0 Å². The summed E-state index contributed by atoms with van der Waals surface area (Å²) >= 11 is 0. The van der Waals surface area contributed by atoms with Crippen molar-refractivity contribution < 1.29 is 0 Å². The Morgan fingerprint density at radius 3 is 2.17 bits per heavy atom. The molecule has 1 heteroatoms. The summed E-state index contributed by atoms with van der Waals surface area (Å²) in [5, 5.41) is 0. The first-order chi connectivity index (χ1) is 8.92. The molecule has 96 valence electrons. The highest BCUT2D eigenvalue weighted by molar-refractivity contribution is 6.73. The number of benzene rings is 1. The molecule has 1 aliphatic carbocycles. The van der Waals surface area contributed by atoms with Gasteiger partial charge in [0.05, 0.1) is 0 Å². The van der Waals surface area contributed by atoms with E-state index < -0.39 is 0 Å². The van der Waals surface area contributed by atoms with E-state index in [9.17, 15) is 0 Å². The summed E-state index contributed by atoms with van der Waals surface area (Å²) < 4.78 is 0. The maximum atomic E-state index is 2.41. The SMILES string of the molecule is c1cc(B2CCCC2)ccc1CC1CCCCC1. The number of hydrogen-bond donors (Lipinski definition) is 0. The van der Waals surface area contributed by atoms with Crippen LogP contribution in [0, 0.1) is 5.92 Å². The predicted octanol–water partition coefficient (Wildman–Crippen LogP) is 4.31. The van der Waals surface area contributed by atoms with Gasteiger partial charge in [0.15, 0.2) is 6.71 Å². The fourth-order valence-corrected chi connectivity index (χ4v) is 3.91. The van der Waals surface area contributed by atoms with Gasteiger partial charge in [0.1, 0.15) is 0 Å². The first-order valence-electron chi connectivity index (χ1n) is 8.00. The van der Waals surface area contributed by atoms with Crippen LogP contribution in [-0.2, 0) is 6.42 Å². The summed E-state index contributed by atoms with van der Waals surface area (Å²) in [7, 11) is 0. The molecule has 0 amide bonds. The van der Waals surface area contributed by atoms with Gasteiger partial charge in [-0.15, -0.1) is 0 Å². The molecule has 0 bridgehead atoms. The van der Waals surface area contributed by atoms with E-state index in [1.54, 1.807) is 11.0 Å². The summed E-state index contributed by atoms with van der Waals surface area (Å²) in [6, 6.07) is 9.63. The minimum absolute atomic E-state index is 0.869. The standard InChI is InChI=1S/C17H25B/c1-2-6-15(7-3-1)14-16-8-10-17(11-9-16)18-12-4-5-13-18/h8-11,15H,1-7,12-14H2. The lowest BCUT2D eigenvalue weighted by Crippen LogP contribution is -2.26. The highest BCUT2D eigenvalue weighted by Crippen LogP contribution is 2.26. The molecule has 0 N–H and O–H groups in total. The van der Waals surface area contributed by atoms with Crippen molar-refractivity contribution >= 4 is 12.2 Å². The molecular formula is C17H25B. The summed E-state index contributed by atoms with van der Waals surface area (Å²) in [5.41, 5.74) is 3.17. The van der Waals surface area contributed by atoms with Crippen LogP contribution in [0.4, 0.5) is 0 Å². The maximum absolute atomic E-state index is 2.41. The van der Waals surface area contributed by atoms with Crippen LogP contribution in [0.25, 0.3) is 0 Å². The quantitative estimate of drug-likeness (QED) is 0.691. The average molecular weight is 240 g/mol. The molecule has 1 heterocycles. The van der Waals surface area contributed by atoms with Gasteiger partial charge in [-0.3, -0.25) is 0 Å². The molecule has 1 aromatic rings. The molecule has 2 fully saturated rings. The third-order valence-corrected chi connectivity index (χ3v) is 5.06. The largest absolute Gasteiger partial charge is 0.175 e. The monoisotopic (exact) mass is 240 g/mol. The van der Waals surface area contributed by atoms with E-state index in [-0.39, 0.29) is 0 Å². The summed E-state index contributed by atoms with van der Waals surface area (Å²) in [4.78, 5) is 0. The first kappa shape index (κ1) is 12.3. The Bertz CT molecular complexity index is 356. The molecule has 0 radical (unpaired) electrons. The second-order valence-corrected chi connectivity index (χ2v) is 6.43. The zero-order valence-corrected chi connectivity index (χ0v) is 11.5. The van der Waals surface area contributed by atoms with Gasteiger partial charge >= 0.3 is 0 Å². The van der Waals surface area contributed by atoms with Crippen molar-refractivity contribution in [2.24, 2.45) is 5.92 Å². The number of rotatable bonds is 3. The first-order valence-corrected chi connectivity index (χ1v) is 8.00. The van der Waals surface area contributed by atoms with E-state index in [1.807, 2.05) is 0 Å². The van der Waals surface area contributed by atoms with E-state index in [1.165, 1.54) is 64.0 Å². The van der Waals surface area contributed by atoms with Crippen LogP contribution in [0.1, 0.15) is 50.5 Å². The molecule has 1 saturated carbocycles. The van der Waals surface area contributed by atoms with Gasteiger partial charge in [0.2, 0.25) is 0 Å². The highest BCUT2D eigenvalue weighted by atomic mass is 14.2. The van der Waals surface area contributed by atoms with Gasteiger partial charge in [-0.25, -0.2) is 0 Å². The Labute approximate surface area is 112 Å². The normalized spacial score (nSPS) is 21.4. The van der Waals surface area contributed by atoms with Gasteiger partial charge in [0, 0.05) is 0 Å². The van der Waals surface area contributed by atoms with Gasteiger partial charge in [0.25, 0.3) is 0 Å². The van der Waals surface area contributed by atoms with E-state index in [0.29, 0.717) is 0 Å². The molecular weight excluding hydrogens is 215 g/mol. The van der Waals surface area contributed by atoms with Crippen LogP contribution in [0.15, 0.2) is 24.3 Å². The average Bonchev–Trinajstić information content (AvgIpc) is 2.95. The molecule has 1 aromatic carbocycles. The third kappa shape index (κ3) is 2.99. The van der Waals surface area contributed by atoms with Crippen LogP contribution in [0.5, 0.6) is 0 Å². The van der Waals surface area contributed by atoms with Crippen LogP contribution < -0.4 is 5.46 Å². The van der Waals surface area contributed by atoms with E-state index in [2.05, 4.69) is 24.3 Å². The van der Waals surface area contributed by atoms with Crippen LogP contribution in [0.2, 0.25) is 12.6 Å². The Kier molecular flexibility index (Phi) is 4.07. The Balaban J connectivity index is 1.59. The number of hydrogen-bond acceptors (Lipinski definition) is 0. The summed E-state index contributed by atoms with van der Waals surface area (Å²) in [6.45, 7) is 0.869. The molecule has 0 nitrogen and oxygen atoms in total. The zero-order chi connectivity index (χ0) is 12.2. The third-order valence-electron chi connectivity index (χ3n) is 5.06. The second-order valence-electron chi connectivity index (χ2n) is 6.43. The molecule has 1 saturated heterocycles. The smallest absolute Gasteiger partial charge is 0.0800 e. The molecule has 18 heavy (non-hydrogen) atoms. The molecule has 0 aromatic heterocycles. The lowest BCUT2D eigenvalue weighted by atomic mass is 9.44. The minimum Gasteiger partial charge on any atom is -0.0800 e. The second kappa shape index (κ2) is 5.95. The van der Waals surface area contributed by atoms with Crippen LogP contribution in [-0.4, -0.2) is 6.71 Å². The topological polar surface area (TPSA) is 0 Å². The highest BCUT2D eigenvalue weighted by Gasteiger charge is 2.21. The Hall–Kier alpha value is -0.715. The zero-order valence-electron chi connectivity index (χ0n) is 11.5. The van der Waals surface area contributed by atoms with E-state index in [0.717, 1.165) is 12.6 Å². The van der Waals surface area contributed by atoms with Gasteiger partial charge in [-0.2, -0.15) is 0 Å². The van der Waals surface area contributed by atoms with Crippen molar-refractivity contribution in [1.29, 1.82) is 0 Å². The fourth-order valence-electron chi connectivity index (χ4n) is 3.91. The van der Waals surface area contributed by atoms with Gasteiger partial charge < -0.3 is 0 Å². The van der Waals surface area contributed by atoms with Crippen molar-refractivity contribution in [3.8, 4) is 0 Å². The summed E-state index contributed by atoms with van der Waals surface area (Å²) in [5.74, 6) is 0.969. The van der Waals surface area contributed by atoms with Gasteiger partial charge in [-0.1, -0.05) is 87.3 Å². The van der Waals surface area contributed by atoms with Crippen molar-refractivity contribution in [2.75, 3.05) is 0 Å². The summed E-state index contributed by atoms with van der Waals surface area (Å²) in [6.07, 6.45) is 14.4. The lowest BCUT2D eigenvalue weighted by Gasteiger charge is -2.21. The lowest BCUT2D eigenvalue weighted by molar-refractivity contribution is 0.356. The van der Waals surface area contributed by atoms with E-state index in [4.69, 9.17) is 0 Å². The van der Waals surface area contributed by atoms with Crippen molar-refractivity contribution in [2.45, 2.75) is 64.0 Å². The molecule has 2 aliphatic rings. The molecule has 3 rings (SSSR count). The molecule has 0 spiro atoms. The van der Waals surface area contributed by atoms with Crippen molar-refractivity contribution in [3.05, 3.63) is 29.8 Å². The van der Waals surface area contributed by atoms with Gasteiger partial charge in [-0.05, 0) is 17.9 Å². The maximum Gasteiger partial charge on any atom is 0.175 e. The Morgan fingerprint density at radius 1 is 0.833 bits per heavy atom. The predicted molar refractivity (Wildman–Crippen MR) is 81.0 cm³/mol.